The fourth-order valence-electron chi connectivity index (χ4n) is 2.83. The van der Waals surface area contributed by atoms with Gasteiger partial charge in [0.05, 0.1) is 0 Å². The van der Waals surface area contributed by atoms with Crippen LogP contribution in [0.1, 0.15) is 37.8 Å². The van der Waals surface area contributed by atoms with Gasteiger partial charge in [-0.3, -0.25) is 0 Å². The second kappa shape index (κ2) is 8.76. The van der Waals surface area contributed by atoms with Crippen molar-refractivity contribution in [3.05, 3.63) is 35.6 Å². The number of rotatable bonds is 8. The largest absolute Gasteiger partial charge is 0.310 e. The molecule has 1 fully saturated rings. The number of nitrogens with zero attached hydrogens (tertiary/aromatic N) is 1. The van der Waals surface area contributed by atoms with Crippen molar-refractivity contribution in [3.63, 3.8) is 0 Å². The van der Waals surface area contributed by atoms with Gasteiger partial charge < -0.3 is 10.2 Å². The quantitative estimate of drug-likeness (QED) is 0.788. The van der Waals surface area contributed by atoms with E-state index in [1.807, 2.05) is 23.9 Å². The molecule has 2 unspecified atom stereocenters. The van der Waals surface area contributed by atoms with Gasteiger partial charge in [0.2, 0.25) is 0 Å². The molecule has 0 radical (unpaired) electrons. The van der Waals surface area contributed by atoms with Crippen LogP contribution in [0.2, 0.25) is 0 Å². The minimum atomic E-state index is -0.0924. The highest BCUT2D eigenvalue weighted by atomic mass is 32.2. The van der Waals surface area contributed by atoms with Crippen molar-refractivity contribution in [2.45, 2.75) is 38.3 Å². The number of hydrogen-bond donors (Lipinski definition) is 1. The molecule has 4 heteroatoms. The summed E-state index contributed by atoms with van der Waals surface area (Å²) in [5, 5.41) is 3.50. The maximum atomic E-state index is 14.0. The second-order valence-corrected chi connectivity index (χ2v) is 6.96. The molecule has 1 aliphatic heterocycles. The Morgan fingerprint density at radius 1 is 1.43 bits per heavy atom. The van der Waals surface area contributed by atoms with Crippen LogP contribution in [-0.2, 0) is 0 Å². The van der Waals surface area contributed by atoms with E-state index in [1.165, 1.54) is 17.9 Å². The molecule has 1 aliphatic rings. The van der Waals surface area contributed by atoms with Crippen LogP contribution in [-0.4, -0.2) is 42.6 Å². The molecular formula is C17H27FN2S. The van der Waals surface area contributed by atoms with E-state index in [0.717, 1.165) is 31.5 Å². The third kappa shape index (κ3) is 4.97. The highest BCUT2D eigenvalue weighted by molar-refractivity contribution is 7.99. The van der Waals surface area contributed by atoms with Crippen LogP contribution in [0.3, 0.4) is 0 Å². The van der Waals surface area contributed by atoms with Gasteiger partial charge in [-0.05, 0) is 51.2 Å². The Kier molecular flexibility index (Phi) is 7.00. The SMILES string of the molecule is CCCNC(CCN(C)C1CCSC1)c1ccccc1F. The predicted molar refractivity (Wildman–Crippen MR) is 90.4 cm³/mol. The molecule has 0 aromatic heterocycles. The molecule has 118 valence electrons. The van der Waals surface area contributed by atoms with E-state index in [0.29, 0.717) is 6.04 Å². The first-order valence-corrected chi connectivity index (χ1v) is 9.13. The Hall–Kier alpha value is -0.580. The van der Waals surface area contributed by atoms with Gasteiger partial charge >= 0.3 is 0 Å². The third-order valence-corrected chi connectivity index (χ3v) is 5.37. The molecule has 0 spiro atoms. The van der Waals surface area contributed by atoms with Crippen LogP contribution in [0.25, 0.3) is 0 Å². The number of thioether (sulfide) groups is 1. The average molecular weight is 310 g/mol. The predicted octanol–water partition coefficient (Wildman–Crippen LogP) is 3.69. The first kappa shape index (κ1) is 16.8. The number of benzene rings is 1. The molecule has 2 nitrogen and oxygen atoms in total. The van der Waals surface area contributed by atoms with E-state index in [9.17, 15) is 4.39 Å². The summed E-state index contributed by atoms with van der Waals surface area (Å²) in [6.07, 6.45) is 3.31. The Balaban J connectivity index is 1.94. The molecule has 1 saturated heterocycles. The average Bonchev–Trinajstić information content (AvgIpc) is 3.02. The number of hydrogen-bond acceptors (Lipinski definition) is 3. The Bertz CT molecular complexity index is 421. The molecule has 2 rings (SSSR count). The minimum absolute atomic E-state index is 0.0924. The van der Waals surface area contributed by atoms with Crippen LogP contribution >= 0.6 is 11.8 Å². The lowest BCUT2D eigenvalue weighted by Crippen LogP contribution is -2.35. The smallest absolute Gasteiger partial charge is 0.127 e. The van der Waals surface area contributed by atoms with Gasteiger partial charge in [-0.15, -0.1) is 0 Å². The van der Waals surface area contributed by atoms with E-state index in [4.69, 9.17) is 0 Å². The Morgan fingerprint density at radius 3 is 2.90 bits per heavy atom. The number of nitrogens with one attached hydrogen (secondary N) is 1. The highest BCUT2D eigenvalue weighted by Crippen LogP contribution is 2.24. The first-order valence-electron chi connectivity index (χ1n) is 7.98. The maximum absolute atomic E-state index is 14.0. The lowest BCUT2D eigenvalue weighted by molar-refractivity contribution is 0.246. The van der Waals surface area contributed by atoms with Crippen LogP contribution in [0.5, 0.6) is 0 Å². The monoisotopic (exact) mass is 310 g/mol. The van der Waals surface area contributed by atoms with Crippen molar-refractivity contribution in [1.29, 1.82) is 0 Å². The standard InChI is InChI=1S/C17H27FN2S/c1-3-10-19-17(15-6-4-5-7-16(15)18)8-11-20(2)14-9-12-21-13-14/h4-7,14,17,19H,3,8-13H2,1-2H3. The van der Waals surface area contributed by atoms with Crippen molar-refractivity contribution in [3.8, 4) is 0 Å². The summed E-state index contributed by atoms with van der Waals surface area (Å²) in [6.45, 7) is 4.09. The molecule has 1 aromatic rings. The fourth-order valence-corrected chi connectivity index (χ4v) is 4.13. The molecule has 0 amide bonds. The van der Waals surface area contributed by atoms with Crippen LogP contribution in [0.15, 0.2) is 24.3 Å². The summed E-state index contributed by atoms with van der Waals surface area (Å²) in [4.78, 5) is 2.45. The minimum Gasteiger partial charge on any atom is -0.310 e. The molecule has 1 heterocycles. The fraction of sp³-hybridized carbons (Fsp3) is 0.647. The molecule has 2 atom stereocenters. The van der Waals surface area contributed by atoms with Crippen molar-refractivity contribution in [2.24, 2.45) is 0 Å². The molecular weight excluding hydrogens is 283 g/mol. The van der Waals surface area contributed by atoms with Crippen molar-refractivity contribution in [1.82, 2.24) is 10.2 Å². The summed E-state index contributed by atoms with van der Waals surface area (Å²) in [5.41, 5.74) is 0.806. The summed E-state index contributed by atoms with van der Waals surface area (Å²) in [5.74, 6) is 2.42. The van der Waals surface area contributed by atoms with E-state index >= 15 is 0 Å². The van der Waals surface area contributed by atoms with Crippen LogP contribution in [0, 0.1) is 5.82 Å². The van der Waals surface area contributed by atoms with E-state index in [-0.39, 0.29) is 11.9 Å². The second-order valence-electron chi connectivity index (χ2n) is 5.81. The van der Waals surface area contributed by atoms with Crippen molar-refractivity contribution < 1.29 is 4.39 Å². The molecule has 1 aromatic carbocycles. The van der Waals surface area contributed by atoms with Crippen LogP contribution < -0.4 is 5.32 Å². The lowest BCUT2D eigenvalue weighted by atomic mass is 10.0. The van der Waals surface area contributed by atoms with Crippen molar-refractivity contribution in [2.75, 3.05) is 31.6 Å². The van der Waals surface area contributed by atoms with Gasteiger partial charge in [-0.2, -0.15) is 11.8 Å². The van der Waals surface area contributed by atoms with Gasteiger partial charge in [0.25, 0.3) is 0 Å². The summed E-state index contributed by atoms with van der Waals surface area (Å²) in [7, 11) is 2.20. The van der Waals surface area contributed by atoms with Gasteiger partial charge in [-0.25, -0.2) is 4.39 Å². The molecule has 0 saturated carbocycles. The molecule has 0 aliphatic carbocycles. The third-order valence-electron chi connectivity index (χ3n) is 4.22. The Morgan fingerprint density at radius 2 is 2.24 bits per heavy atom. The topological polar surface area (TPSA) is 15.3 Å². The molecule has 0 bridgehead atoms. The molecule has 1 N–H and O–H groups in total. The first-order chi connectivity index (χ1) is 10.2. The summed E-state index contributed by atoms with van der Waals surface area (Å²) in [6, 6.07) is 7.97. The van der Waals surface area contributed by atoms with E-state index in [2.05, 4.69) is 24.2 Å². The van der Waals surface area contributed by atoms with E-state index in [1.54, 1.807) is 12.1 Å². The summed E-state index contributed by atoms with van der Waals surface area (Å²) < 4.78 is 14.0. The zero-order valence-electron chi connectivity index (χ0n) is 13.1. The summed E-state index contributed by atoms with van der Waals surface area (Å²) >= 11 is 2.04. The zero-order valence-corrected chi connectivity index (χ0v) is 14.0. The maximum Gasteiger partial charge on any atom is 0.127 e. The zero-order chi connectivity index (χ0) is 15.1. The van der Waals surface area contributed by atoms with Gasteiger partial charge in [0, 0.05) is 23.4 Å². The van der Waals surface area contributed by atoms with Crippen molar-refractivity contribution >= 4 is 11.8 Å². The van der Waals surface area contributed by atoms with E-state index < -0.39 is 0 Å². The van der Waals surface area contributed by atoms with Gasteiger partial charge in [0.1, 0.15) is 5.82 Å². The Labute approximate surface area is 132 Å². The number of halogens is 1. The van der Waals surface area contributed by atoms with Crippen LogP contribution in [0.4, 0.5) is 4.39 Å². The highest BCUT2D eigenvalue weighted by Gasteiger charge is 2.21. The lowest BCUT2D eigenvalue weighted by Gasteiger charge is -2.27. The van der Waals surface area contributed by atoms with Gasteiger partial charge in [0.15, 0.2) is 0 Å². The molecule has 21 heavy (non-hydrogen) atoms. The van der Waals surface area contributed by atoms with Gasteiger partial charge in [-0.1, -0.05) is 25.1 Å². The normalized spacial score (nSPS) is 20.1.